The first-order chi connectivity index (χ1) is 11.9. The SMILES string of the molecule is CCOC(=O)c1[nH]c2ccc(F)c(Cl)c2c1Sc1cc(C)cc(C)c1. The van der Waals surface area contributed by atoms with Gasteiger partial charge in [-0.15, -0.1) is 0 Å². The normalized spacial score (nSPS) is 11.1. The quantitative estimate of drug-likeness (QED) is 0.575. The standard InChI is InChI=1S/C19H17ClFNO2S/c1-4-24-19(23)17-18(25-12-8-10(2)7-11(3)9-12)15-14(22-17)6-5-13(21)16(15)20/h5-9,22H,4H2,1-3H3. The number of fused-ring (bicyclic) bond motifs is 1. The average Bonchev–Trinajstić information content (AvgIpc) is 2.89. The first-order valence-electron chi connectivity index (χ1n) is 7.83. The number of halogens is 2. The molecule has 6 heteroatoms. The Hall–Kier alpha value is -1.98. The number of ether oxygens (including phenoxy) is 1. The van der Waals surface area contributed by atoms with Crippen LogP contribution >= 0.6 is 23.4 Å². The van der Waals surface area contributed by atoms with Crippen molar-refractivity contribution in [2.24, 2.45) is 0 Å². The summed E-state index contributed by atoms with van der Waals surface area (Å²) in [5.41, 5.74) is 3.10. The number of nitrogens with one attached hydrogen (secondary N) is 1. The second-order valence-electron chi connectivity index (χ2n) is 5.76. The maximum Gasteiger partial charge on any atom is 0.355 e. The number of hydrogen-bond donors (Lipinski definition) is 1. The van der Waals surface area contributed by atoms with Crippen LogP contribution in [-0.4, -0.2) is 17.6 Å². The van der Waals surface area contributed by atoms with E-state index in [2.05, 4.69) is 11.1 Å². The van der Waals surface area contributed by atoms with E-state index in [0.29, 0.717) is 15.8 Å². The van der Waals surface area contributed by atoms with Crippen LogP contribution in [0.4, 0.5) is 4.39 Å². The maximum atomic E-state index is 14.0. The average molecular weight is 378 g/mol. The Morgan fingerprint density at radius 2 is 1.92 bits per heavy atom. The van der Waals surface area contributed by atoms with Crippen LogP contribution in [-0.2, 0) is 4.74 Å². The van der Waals surface area contributed by atoms with Gasteiger partial charge in [0.1, 0.15) is 11.5 Å². The van der Waals surface area contributed by atoms with Crippen LogP contribution in [0.2, 0.25) is 5.02 Å². The van der Waals surface area contributed by atoms with Crippen molar-refractivity contribution >= 4 is 40.2 Å². The predicted molar refractivity (Wildman–Crippen MR) is 99.3 cm³/mol. The predicted octanol–water partition coefficient (Wildman–Crippen LogP) is 5.91. The molecule has 0 aliphatic rings. The van der Waals surface area contributed by atoms with Gasteiger partial charge in [0.25, 0.3) is 0 Å². The number of carbonyl (C=O) groups is 1. The molecule has 2 aromatic carbocycles. The van der Waals surface area contributed by atoms with E-state index in [1.54, 1.807) is 13.0 Å². The molecule has 130 valence electrons. The second-order valence-corrected chi connectivity index (χ2v) is 7.22. The number of H-pyrrole nitrogens is 1. The van der Waals surface area contributed by atoms with E-state index < -0.39 is 11.8 Å². The lowest BCUT2D eigenvalue weighted by atomic mass is 10.2. The molecule has 3 aromatic rings. The molecule has 1 aromatic heterocycles. The van der Waals surface area contributed by atoms with Crippen LogP contribution in [0.15, 0.2) is 40.1 Å². The molecule has 0 atom stereocenters. The Balaban J connectivity index is 2.20. The number of rotatable bonds is 4. The van der Waals surface area contributed by atoms with E-state index in [0.717, 1.165) is 16.0 Å². The van der Waals surface area contributed by atoms with E-state index in [4.69, 9.17) is 16.3 Å². The lowest BCUT2D eigenvalue weighted by molar-refractivity contribution is 0.0516. The number of benzene rings is 2. The molecule has 0 saturated carbocycles. The van der Waals surface area contributed by atoms with Crippen molar-refractivity contribution in [1.29, 1.82) is 0 Å². The first-order valence-corrected chi connectivity index (χ1v) is 9.03. The van der Waals surface area contributed by atoms with Gasteiger partial charge in [-0.05, 0) is 56.2 Å². The van der Waals surface area contributed by atoms with Gasteiger partial charge in [0.2, 0.25) is 0 Å². The summed E-state index contributed by atoms with van der Waals surface area (Å²) >= 11 is 7.57. The highest BCUT2D eigenvalue weighted by molar-refractivity contribution is 7.99. The molecule has 1 heterocycles. The van der Waals surface area contributed by atoms with Crippen molar-refractivity contribution in [3.8, 4) is 0 Å². The summed E-state index contributed by atoms with van der Waals surface area (Å²) in [7, 11) is 0. The van der Waals surface area contributed by atoms with Gasteiger partial charge in [-0.1, -0.05) is 29.4 Å². The Morgan fingerprint density at radius 3 is 2.56 bits per heavy atom. The molecule has 0 amide bonds. The number of esters is 1. The van der Waals surface area contributed by atoms with E-state index in [1.165, 1.54) is 17.8 Å². The molecular weight excluding hydrogens is 361 g/mol. The van der Waals surface area contributed by atoms with Crippen molar-refractivity contribution in [2.45, 2.75) is 30.6 Å². The molecule has 0 unspecified atom stereocenters. The molecular formula is C19H17ClFNO2S. The molecule has 3 nitrogen and oxygen atoms in total. The summed E-state index contributed by atoms with van der Waals surface area (Å²) in [6, 6.07) is 8.95. The molecule has 0 bridgehead atoms. The van der Waals surface area contributed by atoms with Crippen molar-refractivity contribution < 1.29 is 13.9 Å². The van der Waals surface area contributed by atoms with Crippen LogP contribution in [0.3, 0.4) is 0 Å². The van der Waals surface area contributed by atoms with Crippen molar-refractivity contribution in [1.82, 2.24) is 4.98 Å². The summed E-state index contributed by atoms with van der Waals surface area (Å²) in [6.45, 7) is 6.00. The third kappa shape index (κ3) is 3.53. The largest absolute Gasteiger partial charge is 0.461 e. The minimum absolute atomic E-state index is 0.00354. The van der Waals surface area contributed by atoms with Gasteiger partial charge in [-0.3, -0.25) is 0 Å². The molecule has 3 rings (SSSR count). The Kier molecular flexibility index (Phi) is 5.06. The zero-order valence-electron chi connectivity index (χ0n) is 14.1. The van der Waals surface area contributed by atoms with Gasteiger partial charge in [-0.25, -0.2) is 9.18 Å². The van der Waals surface area contributed by atoms with Crippen molar-refractivity contribution in [3.05, 3.63) is 58.0 Å². The topological polar surface area (TPSA) is 42.1 Å². The minimum atomic E-state index is -0.522. The van der Waals surface area contributed by atoms with Crippen LogP contribution in [0.5, 0.6) is 0 Å². The monoisotopic (exact) mass is 377 g/mol. The van der Waals surface area contributed by atoms with Gasteiger partial charge >= 0.3 is 5.97 Å². The smallest absolute Gasteiger partial charge is 0.355 e. The van der Waals surface area contributed by atoms with Crippen molar-refractivity contribution in [3.63, 3.8) is 0 Å². The Morgan fingerprint density at radius 1 is 1.24 bits per heavy atom. The number of carbonyl (C=O) groups excluding carboxylic acids is 1. The van der Waals surface area contributed by atoms with E-state index >= 15 is 0 Å². The van der Waals surface area contributed by atoms with Gasteiger partial charge in [0.15, 0.2) is 0 Å². The first kappa shape index (κ1) is 17.8. The molecule has 0 radical (unpaired) electrons. The number of hydrogen-bond acceptors (Lipinski definition) is 3. The van der Waals surface area contributed by atoms with E-state index in [-0.39, 0.29) is 17.3 Å². The number of aryl methyl sites for hydroxylation is 2. The summed E-state index contributed by atoms with van der Waals surface area (Å²) in [5, 5.41) is 0.491. The Labute approximate surface area is 154 Å². The lowest BCUT2D eigenvalue weighted by Crippen LogP contribution is -2.06. The lowest BCUT2D eigenvalue weighted by Gasteiger charge is -2.07. The Bertz CT molecular complexity index is 947. The van der Waals surface area contributed by atoms with Crippen LogP contribution in [0.25, 0.3) is 10.9 Å². The number of aromatic amines is 1. The van der Waals surface area contributed by atoms with Crippen LogP contribution < -0.4 is 0 Å². The summed E-state index contributed by atoms with van der Waals surface area (Å²) in [5.74, 6) is -1.01. The molecule has 0 spiro atoms. The maximum absolute atomic E-state index is 14.0. The van der Waals surface area contributed by atoms with Gasteiger partial charge in [-0.2, -0.15) is 0 Å². The third-order valence-corrected chi connectivity index (χ3v) is 5.16. The zero-order chi connectivity index (χ0) is 18.1. The fourth-order valence-corrected chi connectivity index (χ4v) is 4.34. The van der Waals surface area contributed by atoms with Crippen LogP contribution in [0.1, 0.15) is 28.5 Å². The highest BCUT2D eigenvalue weighted by Gasteiger charge is 2.23. The fourth-order valence-electron chi connectivity index (χ4n) is 2.75. The summed E-state index contributed by atoms with van der Waals surface area (Å²) in [6.07, 6.45) is 0. The third-order valence-electron chi connectivity index (χ3n) is 3.70. The van der Waals surface area contributed by atoms with E-state index in [1.807, 2.05) is 26.0 Å². The molecule has 0 fully saturated rings. The molecule has 0 aliphatic heterocycles. The highest BCUT2D eigenvalue weighted by Crippen LogP contribution is 2.41. The summed E-state index contributed by atoms with van der Waals surface area (Å²) < 4.78 is 19.1. The fraction of sp³-hybridized carbons (Fsp3) is 0.211. The van der Waals surface area contributed by atoms with Gasteiger partial charge in [0.05, 0.1) is 16.5 Å². The van der Waals surface area contributed by atoms with Crippen LogP contribution in [0, 0.1) is 19.7 Å². The van der Waals surface area contributed by atoms with Gasteiger partial charge in [0, 0.05) is 15.8 Å². The van der Waals surface area contributed by atoms with E-state index in [9.17, 15) is 9.18 Å². The highest BCUT2D eigenvalue weighted by atomic mass is 35.5. The second kappa shape index (κ2) is 7.10. The van der Waals surface area contributed by atoms with Crippen molar-refractivity contribution in [2.75, 3.05) is 6.61 Å². The molecule has 1 N–H and O–H groups in total. The zero-order valence-corrected chi connectivity index (χ0v) is 15.6. The van der Waals surface area contributed by atoms with Gasteiger partial charge < -0.3 is 9.72 Å². The molecule has 0 saturated heterocycles. The summed E-state index contributed by atoms with van der Waals surface area (Å²) in [4.78, 5) is 16.9. The molecule has 0 aliphatic carbocycles. The minimum Gasteiger partial charge on any atom is -0.461 e. The number of aromatic nitrogens is 1. The molecule has 25 heavy (non-hydrogen) atoms.